The van der Waals surface area contributed by atoms with Crippen molar-refractivity contribution in [3.8, 4) is 0 Å². The largest absolute Gasteiger partial charge is 0.342 e. The summed E-state index contributed by atoms with van der Waals surface area (Å²) in [5, 5.41) is 16.8. The molecule has 0 fully saturated rings. The second kappa shape index (κ2) is 9.81. The van der Waals surface area contributed by atoms with Gasteiger partial charge in [-0.1, -0.05) is 23.9 Å². The lowest BCUT2D eigenvalue weighted by Gasteiger charge is -2.15. The van der Waals surface area contributed by atoms with E-state index in [1.807, 2.05) is 23.8 Å². The number of benzene rings is 1. The van der Waals surface area contributed by atoms with E-state index in [1.54, 1.807) is 13.0 Å². The van der Waals surface area contributed by atoms with Crippen molar-refractivity contribution in [1.29, 1.82) is 0 Å². The van der Waals surface area contributed by atoms with E-state index >= 15 is 0 Å². The predicted molar refractivity (Wildman–Crippen MR) is 114 cm³/mol. The van der Waals surface area contributed by atoms with E-state index in [2.05, 4.69) is 25.8 Å². The van der Waals surface area contributed by atoms with Gasteiger partial charge < -0.3 is 15.2 Å². The van der Waals surface area contributed by atoms with Crippen molar-refractivity contribution in [3.63, 3.8) is 0 Å². The number of halogens is 1. The van der Waals surface area contributed by atoms with Crippen molar-refractivity contribution in [1.82, 2.24) is 25.1 Å². The first kappa shape index (κ1) is 21.9. The first-order valence-electron chi connectivity index (χ1n) is 9.22. The van der Waals surface area contributed by atoms with Gasteiger partial charge in [-0.3, -0.25) is 9.59 Å². The third kappa shape index (κ3) is 5.22. The fraction of sp³-hybridized carbons (Fsp3) is 0.316. The molecule has 0 spiro atoms. The Labute approximate surface area is 181 Å². The number of carbonyl (C=O) groups is 2. The van der Waals surface area contributed by atoms with Crippen LogP contribution in [0.25, 0.3) is 0 Å². The van der Waals surface area contributed by atoms with Gasteiger partial charge in [0.25, 0.3) is 5.91 Å². The Balaban J connectivity index is 1.63. The molecule has 11 heteroatoms. The van der Waals surface area contributed by atoms with Crippen LogP contribution in [0.5, 0.6) is 0 Å². The maximum absolute atomic E-state index is 13.8. The van der Waals surface area contributed by atoms with Gasteiger partial charge in [0.1, 0.15) is 5.82 Å². The Morgan fingerprint density at radius 2 is 2.07 bits per heavy atom. The topological polar surface area (TPSA) is 102 Å². The minimum Gasteiger partial charge on any atom is -0.342 e. The zero-order valence-electron chi connectivity index (χ0n) is 16.7. The van der Waals surface area contributed by atoms with Crippen LogP contribution in [-0.2, 0) is 11.3 Å². The molecule has 30 heavy (non-hydrogen) atoms. The number of nitrogens with zero attached hydrogens (tertiary/aromatic N) is 4. The number of nitrogens with one attached hydrogen (secondary N) is 2. The second-order valence-corrected chi connectivity index (χ2v) is 8.19. The number of aryl methyl sites for hydroxylation is 1. The fourth-order valence-corrected chi connectivity index (χ4v) is 4.22. The summed E-state index contributed by atoms with van der Waals surface area (Å²) < 4.78 is 15.7. The summed E-state index contributed by atoms with van der Waals surface area (Å²) in [5.41, 5.74) is 0.820. The van der Waals surface area contributed by atoms with Gasteiger partial charge >= 0.3 is 0 Å². The third-order valence-corrected chi connectivity index (χ3v) is 5.96. The average Bonchev–Trinajstić information content (AvgIpc) is 3.32. The van der Waals surface area contributed by atoms with Crippen LogP contribution in [0.1, 0.15) is 41.8 Å². The van der Waals surface area contributed by atoms with Crippen molar-refractivity contribution in [2.24, 2.45) is 0 Å². The summed E-state index contributed by atoms with van der Waals surface area (Å²) in [6.45, 7) is 6.08. The quantitative estimate of drug-likeness (QED) is 0.512. The van der Waals surface area contributed by atoms with Crippen molar-refractivity contribution in [2.45, 2.75) is 38.5 Å². The molecule has 158 valence electrons. The normalized spacial score (nSPS) is 11.9. The second-order valence-electron chi connectivity index (χ2n) is 6.39. The van der Waals surface area contributed by atoms with Gasteiger partial charge in [-0.15, -0.1) is 21.5 Å². The first-order chi connectivity index (χ1) is 14.4. The minimum atomic E-state index is -0.586. The fourth-order valence-electron chi connectivity index (χ4n) is 2.71. The SMILES string of the molecule is CCn1c(SCC(=O)Nc2nc(C)cs2)nnc1[C@@H](C)NC(=O)c1ccccc1F. The summed E-state index contributed by atoms with van der Waals surface area (Å²) in [6.07, 6.45) is 0. The lowest BCUT2D eigenvalue weighted by Crippen LogP contribution is -2.29. The van der Waals surface area contributed by atoms with Crippen LogP contribution >= 0.6 is 23.1 Å². The van der Waals surface area contributed by atoms with Crippen LogP contribution in [-0.4, -0.2) is 37.3 Å². The summed E-state index contributed by atoms with van der Waals surface area (Å²) in [6, 6.07) is 5.29. The van der Waals surface area contributed by atoms with Gasteiger partial charge in [0, 0.05) is 11.9 Å². The molecule has 0 unspecified atom stereocenters. The number of thiazole rings is 1. The molecule has 0 bridgehead atoms. The molecule has 0 radical (unpaired) electrons. The zero-order chi connectivity index (χ0) is 21.7. The number of carbonyl (C=O) groups excluding carboxylic acids is 2. The number of hydrogen-bond donors (Lipinski definition) is 2. The van der Waals surface area contributed by atoms with Gasteiger partial charge in [0.05, 0.1) is 23.1 Å². The Morgan fingerprint density at radius 3 is 2.73 bits per heavy atom. The molecule has 1 aromatic carbocycles. The molecule has 0 aliphatic rings. The van der Waals surface area contributed by atoms with Crippen molar-refractivity contribution in [2.75, 3.05) is 11.1 Å². The monoisotopic (exact) mass is 448 g/mol. The van der Waals surface area contributed by atoms with Gasteiger partial charge in [-0.2, -0.15) is 0 Å². The van der Waals surface area contributed by atoms with Gasteiger partial charge in [0.15, 0.2) is 16.1 Å². The Bertz CT molecular complexity index is 1050. The number of amides is 2. The van der Waals surface area contributed by atoms with Crippen molar-refractivity contribution in [3.05, 3.63) is 52.5 Å². The Hall–Kier alpha value is -2.79. The predicted octanol–water partition coefficient (Wildman–Crippen LogP) is 3.42. The number of hydrogen-bond acceptors (Lipinski definition) is 7. The van der Waals surface area contributed by atoms with E-state index in [9.17, 15) is 14.0 Å². The van der Waals surface area contributed by atoms with Crippen LogP contribution in [0.2, 0.25) is 0 Å². The minimum absolute atomic E-state index is 0.0318. The number of anilines is 1. The van der Waals surface area contributed by atoms with E-state index in [0.29, 0.717) is 22.7 Å². The highest BCUT2D eigenvalue weighted by Crippen LogP contribution is 2.22. The zero-order valence-corrected chi connectivity index (χ0v) is 18.3. The first-order valence-corrected chi connectivity index (χ1v) is 11.1. The molecule has 2 aromatic heterocycles. The maximum atomic E-state index is 13.8. The third-order valence-electron chi connectivity index (χ3n) is 4.11. The van der Waals surface area contributed by atoms with Crippen LogP contribution in [0, 0.1) is 12.7 Å². The molecule has 0 saturated carbocycles. The Morgan fingerprint density at radius 1 is 1.30 bits per heavy atom. The van der Waals surface area contributed by atoms with E-state index in [4.69, 9.17) is 0 Å². The lowest BCUT2D eigenvalue weighted by molar-refractivity contribution is -0.113. The number of rotatable bonds is 8. The van der Waals surface area contributed by atoms with Crippen molar-refractivity contribution >= 4 is 40.0 Å². The molecule has 1 atom stereocenters. The number of thioether (sulfide) groups is 1. The number of aromatic nitrogens is 4. The smallest absolute Gasteiger partial charge is 0.254 e. The lowest BCUT2D eigenvalue weighted by atomic mass is 10.2. The van der Waals surface area contributed by atoms with E-state index in [0.717, 1.165) is 5.69 Å². The molecular weight excluding hydrogens is 427 g/mol. The molecule has 3 aromatic rings. The molecule has 3 rings (SSSR count). The molecule has 0 saturated heterocycles. The highest BCUT2D eigenvalue weighted by Gasteiger charge is 2.21. The molecule has 2 amide bonds. The molecule has 2 heterocycles. The van der Waals surface area contributed by atoms with Gasteiger partial charge in [0.2, 0.25) is 5.91 Å². The van der Waals surface area contributed by atoms with Gasteiger partial charge in [-0.25, -0.2) is 9.37 Å². The summed E-state index contributed by atoms with van der Waals surface area (Å²) >= 11 is 2.61. The van der Waals surface area contributed by atoms with Crippen LogP contribution in [0.4, 0.5) is 9.52 Å². The molecular formula is C19H21FN6O2S2. The standard InChI is InChI=1S/C19H21FN6O2S2/c1-4-26-16(12(3)22-17(28)13-7-5-6-8-14(13)20)24-25-19(26)30-10-15(27)23-18-21-11(2)9-29-18/h5-9,12H,4,10H2,1-3H3,(H,22,28)(H,21,23,27)/t12-/m1/s1. The van der Waals surface area contributed by atoms with Crippen molar-refractivity contribution < 1.29 is 14.0 Å². The van der Waals surface area contributed by atoms with Crippen LogP contribution in [0.3, 0.4) is 0 Å². The average molecular weight is 449 g/mol. The summed E-state index contributed by atoms with van der Waals surface area (Å²) in [5.74, 6) is -0.634. The van der Waals surface area contributed by atoms with Crippen LogP contribution < -0.4 is 10.6 Å². The molecule has 0 aliphatic heterocycles. The van der Waals surface area contributed by atoms with Crippen LogP contribution in [0.15, 0.2) is 34.8 Å². The molecule has 2 N–H and O–H groups in total. The maximum Gasteiger partial charge on any atom is 0.254 e. The van der Waals surface area contributed by atoms with E-state index in [-0.39, 0.29) is 17.2 Å². The summed E-state index contributed by atoms with van der Waals surface area (Å²) in [7, 11) is 0. The highest BCUT2D eigenvalue weighted by atomic mass is 32.2. The molecule has 8 nitrogen and oxygen atoms in total. The van der Waals surface area contributed by atoms with E-state index < -0.39 is 17.8 Å². The van der Waals surface area contributed by atoms with Gasteiger partial charge in [-0.05, 0) is 32.9 Å². The van der Waals surface area contributed by atoms with E-state index in [1.165, 1.54) is 41.3 Å². The summed E-state index contributed by atoms with van der Waals surface area (Å²) in [4.78, 5) is 28.7. The molecule has 0 aliphatic carbocycles. The highest BCUT2D eigenvalue weighted by molar-refractivity contribution is 7.99. The Kier molecular flexibility index (Phi) is 7.16.